The summed E-state index contributed by atoms with van der Waals surface area (Å²) in [6, 6.07) is 8.32. The first-order valence-corrected chi connectivity index (χ1v) is 6.13. The molecule has 5 nitrogen and oxygen atoms in total. The van der Waals surface area contributed by atoms with Crippen molar-refractivity contribution < 1.29 is 4.74 Å². The number of aromatic nitrogens is 3. The summed E-state index contributed by atoms with van der Waals surface area (Å²) in [5.41, 5.74) is 6.88. The van der Waals surface area contributed by atoms with Gasteiger partial charge in [-0.1, -0.05) is 12.1 Å². The Hall–Kier alpha value is -2.04. The quantitative estimate of drug-likeness (QED) is 0.874. The molecule has 2 N–H and O–H groups in total. The average Bonchev–Trinajstić information content (AvgIpc) is 2.78. The molecule has 1 aromatic carbocycles. The molecule has 0 saturated heterocycles. The number of nitrogens with two attached hydrogens (primary N) is 1. The van der Waals surface area contributed by atoms with Crippen LogP contribution in [0.15, 0.2) is 24.3 Å². The van der Waals surface area contributed by atoms with E-state index in [0.29, 0.717) is 5.95 Å². The molecule has 1 aliphatic rings. The third kappa shape index (κ3) is 1.81. The minimum Gasteiger partial charge on any atom is -0.497 e. The van der Waals surface area contributed by atoms with Gasteiger partial charge in [-0.2, -0.15) is 4.98 Å². The minimum atomic E-state index is 0.216. The number of nitrogens with zero attached hydrogens (tertiary/aromatic N) is 3. The van der Waals surface area contributed by atoms with Gasteiger partial charge in [-0.05, 0) is 30.5 Å². The van der Waals surface area contributed by atoms with Crippen LogP contribution in [0.2, 0.25) is 0 Å². The summed E-state index contributed by atoms with van der Waals surface area (Å²) in [7, 11) is 1.68. The number of fused-ring (bicyclic) bond motifs is 1. The molecule has 0 aliphatic carbocycles. The molecule has 0 spiro atoms. The molecule has 2 aromatic rings. The molecule has 0 fully saturated rings. The summed E-state index contributed by atoms with van der Waals surface area (Å²) in [5.74, 6) is 2.21. The lowest BCUT2D eigenvalue weighted by atomic mass is 9.98. The van der Waals surface area contributed by atoms with Gasteiger partial charge in [0.1, 0.15) is 11.6 Å². The molecule has 1 unspecified atom stereocenters. The maximum atomic E-state index is 5.69. The average molecular weight is 244 g/mol. The third-order valence-corrected chi connectivity index (χ3v) is 3.37. The summed E-state index contributed by atoms with van der Waals surface area (Å²) in [6.07, 6.45) is 3.12. The van der Waals surface area contributed by atoms with Gasteiger partial charge >= 0.3 is 0 Å². The fourth-order valence-corrected chi connectivity index (χ4v) is 2.53. The maximum Gasteiger partial charge on any atom is 0.239 e. The Morgan fingerprint density at radius 2 is 2.33 bits per heavy atom. The van der Waals surface area contributed by atoms with Crippen molar-refractivity contribution in [2.45, 2.75) is 25.3 Å². The second-order valence-corrected chi connectivity index (χ2v) is 4.52. The van der Waals surface area contributed by atoms with E-state index in [1.54, 1.807) is 7.11 Å². The molecule has 1 aliphatic heterocycles. The topological polar surface area (TPSA) is 66.0 Å². The van der Waals surface area contributed by atoms with Crippen molar-refractivity contribution in [3.63, 3.8) is 0 Å². The Bertz CT molecular complexity index is 564. The van der Waals surface area contributed by atoms with E-state index in [1.165, 1.54) is 5.56 Å². The van der Waals surface area contributed by atoms with E-state index >= 15 is 0 Å². The number of hydrogen-bond donors (Lipinski definition) is 1. The summed E-state index contributed by atoms with van der Waals surface area (Å²) < 4.78 is 7.22. The SMILES string of the molecule is COc1cccc(C2CCCc3nc(N)nn32)c1. The van der Waals surface area contributed by atoms with Gasteiger partial charge < -0.3 is 10.5 Å². The zero-order valence-corrected chi connectivity index (χ0v) is 10.3. The van der Waals surface area contributed by atoms with Crippen molar-refractivity contribution in [2.24, 2.45) is 0 Å². The van der Waals surface area contributed by atoms with Crippen LogP contribution in [-0.4, -0.2) is 21.9 Å². The first-order chi connectivity index (χ1) is 8.78. The number of aryl methyl sites for hydroxylation is 1. The van der Waals surface area contributed by atoms with Crippen LogP contribution in [0.1, 0.15) is 30.3 Å². The Morgan fingerprint density at radius 3 is 3.17 bits per heavy atom. The van der Waals surface area contributed by atoms with E-state index in [-0.39, 0.29) is 6.04 Å². The molecule has 18 heavy (non-hydrogen) atoms. The monoisotopic (exact) mass is 244 g/mol. The minimum absolute atomic E-state index is 0.216. The van der Waals surface area contributed by atoms with Crippen molar-refractivity contribution in [1.82, 2.24) is 14.8 Å². The lowest BCUT2D eigenvalue weighted by Gasteiger charge is -2.23. The van der Waals surface area contributed by atoms with Crippen molar-refractivity contribution >= 4 is 5.95 Å². The maximum absolute atomic E-state index is 5.69. The van der Waals surface area contributed by atoms with Crippen LogP contribution in [-0.2, 0) is 6.42 Å². The molecular formula is C13H16N4O. The van der Waals surface area contributed by atoms with Crippen LogP contribution in [0.3, 0.4) is 0 Å². The first-order valence-electron chi connectivity index (χ1n) is 6.13. The van der Waals surface area contributed by atoms with E-state index in [1.807, 2.05) is 16.8 Å². The smallest absolute Gasteiger partial charge is 0.239 e. The molecule has 2 heterocycles. The number of ether oxygens (including phenoxy) is 1. The van der Waals surface area contributed by atoms with Crippen LogP contribution in [0.25, 0.3) is 0 Å². The van der Waals surface area contributed by atoms with Gasteiger partial charge in [0, 0.05) is 6.42 Å². The van der Waals surface area contributed by atoms with Crippen LogP contribution in [0, 0.1) is 0 Å². The highest BCUT2D eigenvalue weighted by molar-refractivity contribution is 5.32. The zero-order valence-electron chi connectivity index (χ0n) is 10.3. The third-order valence-electron chi connectivity index (χ3n) is 3.37. The molecular weight excluding hydrogens is 228 g/mol. The highest BCUT2D eigenvalue weighted by Crippen LogP contribution is 2.31. The van der Waals surface area contributed by atoms with Crippen LogP contribution in [0.4, 0.5) is 5.95 Å². The Morgan fingerprint density at radius 1 is 1.44 bits per heavy atom. The Kier molecular flexibility index (Phi) is 2.66. The van der Waals surface area contributed by atoms with E-state index in [2.05, 4.69) is 22.2 Å². The van der Waals surface area contributed by atoms with Gasteiger partial charge in [0.15, 0.2) is 0 Å². The molecule has 5 heteroatoms. The van der Waals surface area contributed by atoms with E-state index < -0.39 is 0 Å². The number of methoxy groups -OCH3 is 1. The van der Waals surface area contributed by atoms with Gasteiger partial charge in [0.2, 0.25) is 5.95 Å². The van der Waals surface area contributed by atoms with E-state index in [0.717, 1.165) is 30.8 Å². The van der Waals surface area contributed by atoms with Crippen molar-refractivity contribution in [3.8, 4) is 5.75 Å². The summed E-state index contributed by atoms with van der Waals surface area (Å²) >= 11 is 0. The Balaban J connectivity index is 2.02. The van der Waals surface area contributed by atoms with Crippen LogP contribution < -0.4 is 10.5 Å². The number of anilines is 1. The van der Waals surface area contributed by atoms with Gasteiger partial charge in [-0.25, -0.2) is 4.68 Å². The van der Waals surface area contributed by atoms with Gasteiger partial charge in [0.05, 0.1) is 13.2 Å². The molecule has 1 atom stereocenters. The zero-order chi connectivity index (χ0) is 12.5. The van der Waals surface area contributed by atoms with Gasteiger partial charge in [-0.15, -0.1) is 5.10 Å². The second kappa shape index (κ2) is 4.33. The largest absolute Gasteiger partial charge is 0.497 e. The number of rotatable bonds is 2. The van der Waals surface area contributed by atoms with Crippen LogP contribution >= 0.6 is 0 Å². The summed E-state index contributed by atoms with van der Waals surface area (Å²) in [5, 5.41) is 4.31. The van der Waals surface area contributed by atoms with E-state index in [4.69, 9.17) is 10.5 Å². The predicted molar refractivity (Wildman–Crippen MR) is 68.5 cm³/mol. The fraction of sp³-hybridized carbons (Fsp3) is 0.385. The molecule has 0 radical (unpaired) electrons. The predicted octanol–water partition coefficient (Wildman–Crippen LogP) is 1.79. The number of nitrogen functional groups attached to an aromatic ring is 1. The van der Waals surface area contributed by atoms with Crippen molar-refractivity contribution in [2.75, 3.05) is 12.8 Å². The molecule has 0 amide bonds. The van der Waals surface area contributed by atoms with Crippen molar-refractivity contribution in [3.05, 3.63) is 35.7 Å². The van der Waals surface area contributed by atoms with Gasteiger partial charge in [-0.3, -0.25) is 0 Å². The van der Waals surface area contributed by atoms with E-state index in [9.17, 15) is 0 Å². The normalized spacial score (nSPS) is 18.4. The van der Waals surface area contributed by atoms with Crippen molar-refractivity contribution in [1.29, 1.82) is 0 Å². The fourth-order valence-electron chi connectivity index (χ4n) is 2.53. The molecule has 1 aromatic heterocycles. The number of hydrogen-bond acceptors (Lipinski definition) is 4. The summed E-state index contributed by atoms with van der Waals surface area (Å²) in [4.78, 5) is 4.27. The van der Waals surface area contributed by atoms with Crippen LogP contribution in [0.5, 0.6) is 5.75 Å². The highest BCUT2D eigenvalue weighted by Gasteiger charge is 2.24. The first kappa shape index (κ1) is 11.1. The summed E-state index contributed by atoms with van der Waals surface area (Å²) in [6.45, 7) is 0. The molecule has 0 bridgehead atoms. The number of benzene rings is 1. The molecule has 3 rings (SSSR count). The highest BCUT2D eigenvalue weighted by atomic mass is 16.5. The van der Waals surface area contributed by atoms with Gasteiger partial charge in [0.25, 0.3) is 0 Å². The second-order valence-electron chi connectivity index (χ2n) is 4.52. The molecule has 0 saturated carbocycles. The Labute approximate surface area is 106 Å². The lowest BCUT2D eigenvalue weighted by molar-refractivity contribution is 0.400. The molecule has 94 valence electrons. The lowest BCUT2D eigenvalue weighted by Crippen LogP contribution is -2.20. The standard InChI is InChI=1S/C13H16N4O/c1-18-10-5-2-4-9(8-10)11-6-3-7-12-15-13(14)16-17(11)12/h2,4-5,8,11H,3,6-7H2,1H3,(H2,14,16).